The topological polar surface area (TPSA) is 78.7 Å². The van der Waals surface area contributed by atoms with E-state index < -0.39 is 0 Å². The van der Waals surface area contributed by atoms with E-state index in [0.717, 1.165) is 26.1 Å². The van der Waals surface area contributed by atoms with E-state index >= 15 is 0 Å². The van der Waals surface area contributed by atoms with Gasteiger partial charge in [-0.2, -0.15) is 5.26 Å². The molecule has 0 saturated carbocycles. The van der Waals surface area contributed by atoms with Gasteiger partial charge in [0.1, 0.15) is 0 Å². The number of nitriles is 1. The minimum Gasteiger partial charge on any atom is -0.296 e. The molecule has 0 fully saturated rings. The van der Waals surface area contributed by atoms with Crippen molar-refractivity contribution >= 4 is 45.5 Å². The highest BCUT2D eigenvalue weighted by Crippen LogP contribution is 2.29. The highest BCUT2D eigenvalue weighted by Gasteiger charge is 2.13. The predicted molar refractivity (Wildman–Crippen MR) is 102 cm³/mol. The quantitative estimate of drug-likeness (QED) is 0.511. The van der Waals surface area contributed by atoms with E-state index in [-0.39, 0.29) is 5.91 Å². The molecule has 0 radical (unpaired) electrons. The van der Waals surface area contributed by atoms with E-state index in [1.807, 2.05) is 32.0 Å². The number of anilines is 1. The molecule has 1 N–H and O–H groups in total. The van der Waals surface area contributed by atoms with Crippen LogP contribution < -0.4 is 5.32 Å². The second kappa shape index (κ2) is 7.78. The van der Waals surface area contributed by atoms with E-state index in [9.17, 15) is 4.79 Å². The van der Waals surface area contributed by atoms with Crippen LogP contribution in [0, 0.1) is 25.2 Å². The number of hydrogen-bond acceptors (Lipinski definition) is 7. The summed E-state index contributed by atoms with van der Waals surface area (Å²) in [5.74, 6) is 0.582. The number of carbonyl (C=O) groups excluding carboxylic acids is 1. The van der Waals surface area contributed by atoms with Crippen molar-refractivity contribution in [3.8, 4) is 6.07 Å². The van der Waals surface area contributed by atoms with Crippen molar-refractivity contribution in [3.63, 3.8) is 0 Å². The van der Waals surface area contributed by atoms with Gasteiger partial charge in [0.05, 0.1) is 16.5 Å². The second-order valence-corrected chi connectivity index (χ2v) is 8.73. The maximum atomic E-state index is 12.2. The van der Waals surface area contributed by atoms with Crippen LogP contribution in [-0.2, 0) is 5.75 Å². The van der Waals surface area contributed by atoms with Crippen molar-refractivity contribution < 1.29 is 4.79 Å². The fourth-order valence-electron chi connectivity index (χ4n) is 1.98. The summed E-state index contributed by atoms with van der Waals surface area (Å²) in [6.07, 6.45) is 0. The van der Waals surface area contributed by atoms with E-state index in [2.05, 4.69) is 21.6 Å². The Hall–Kier alpha value is -2.21. The number of thioether (sulfide) groups is 1. The first kappa shape index (κ1) is 17.6. The molecule has 0 aliphatic carbocycles. The van der Waals surface area contributed by atoms with Gasteiger partial charge in [-0.3, -0.25) is 10.1 Å². The van der Waals surface area contributed by atoms with E-state index in [4.69, 9.17) is 5.26 Å². The highest BCUT2D eigenvalue weighted by atomic mass is 32.2. The Morgan fingerprint density at radius 2 is 2.00 bits per heavy atom. The number of rotatable bonds is 5. The molecule has 1 aromatic carbocycles. The van der Waals surface area contributed by atoms with Gasteiger partial charge in [0.25, 0.3) is 5.91 Å². The molecule has 1 amide bonds. The zero-order valence-electron chi connectivity index (χ0n) is 13.6. The Kier molecular flexibility index (Phi) is 5.48. The standard InChI is InChI=1S/C17H14N4OS3/c1-10-7-14(24-11(10)2)15(22)19-16-20-21-17(25-16)23-9-13-5-3-12(8-18)4-6-13/h3-7H,9H2,1-2H3,(H,19,20,22). The van der Waals surface area contributed by atoms with Crippen LogP contribution in [0.15, 0.2) is 34.7 Å². The van der Waals surface area contributed by atoms with Crippen molar-refractivity contribution in [2.75, 3.05) is 5.32 Å². The molecule has 0 atom stereocenters. The Labute approximate surface area is 157 Å². The highest BCUT2D eigenvalue weighted by molar-refractivity contribution is 8.00. The molecule has 0 aliphatic heterocycles. The van der Waals surface area contributed by atoms with Gasteiger partial charge in [-0.15, -0.1) is 21.5 Å². The summed E-state index contributed by atoms with van der Waals surface area (Å²) in [6.45, 7) is 3.99. The molecular weight excluding hydrogens is 372 g/mol. The summed E-state index contributed by atoms with van der Waals surface area (Å²) < 4.78 is 0.790. The number of nitrogens with one attached hydrogen (secondary N) is 1. The van der Waals surface area contributed by atoms with Crippen LogP contribution in [0.25, 0.3) is 0 Å². The first-order valence-electron chi connectivity index (χ1n) is 7.39. The van der Waals surface area contributed by atoms with Gasteiger partial charge in [-0.05, 0) is 43.2 Å². The smallest absolute Gasteiger partial charge is 0.267 e. The van der Waals surface area contributed by atoms with E-state index in [0.29, 0.717) is 15.6 Å². The second-order valence-electron chi connectivity index (χ2n) is 5.27. The fourth-order valence-corrected chi connectivity index (χ4v) is 4.62. The van der Waals surface area contributed by atoms with Crippen LogP contribution in [0.1, 0.15) is 31.2 Å². The first-order valence-corrected chi connectivity index (χ1v) is 10.0. The van der Waals surface area contributed by atoms with Gasteiger partial charge >= 0.3 is 0 Å². The van der Waals surface area contributed by atoms with E-state index in [1.165, 1.54) is 22.7 Å². The molecule has 0 aliphatic rings. The summed E-state index contributed by atoms with van der Waals surface area (Å²) >= 11 is 4.38. The summed E-state index contributed by atoms with van der Waals surface area (Å²) in [6, 6.07) is 11.4. The molecule has 2 aromatic heterocycles. The van der Waals surface area contributed by atoms with E-state index in [1.54, 1.807) is 23.9 Å². The lowest BCUT2D eigenvalue weighted by molar-refractivity contribution is 0.103. The Balaban J connectivity index is 1.58. The van der Waals surface area contributed by atoms with Crippen LogP contribution in [0.3, 0.4) is 0 Å². The zero-order chi connectivity index (χ0) is 17.8. The molecule has 3 rings (SSSR count). The molecule has 0 spiro atoms. The zero-order valence-corrected chi connectivity index (χ0v) is 16.0. The number of benzene rings is 1. The third kappa shape index (κ3) is 4.45. The summed E-state index contributed by atoms with van der Waals surface area (Å²) in [4.78, 5) is 14.1. The number of hydrogen-bond donors (Lipinski definition) is 1. The molecule has 25 heavy (non-hydrogen) atoms. The van der Waals surface area contributed by atoms with Gasteiger partial charge in [0.15, 0.2) is 4.34 Å². The largest absolute Gasteiger partial charge is 0.296 e. The van der Waals surface area contributed by atoms with Crippen molar-refractivity contribution in [3.05, 3.63) is 56.8 Å². The lowest BCUT2D eigenvalue weighted by atomic mass is 10.2. The van der Waals surface area contributed by atoms with Gasteiger partial charge in [0, 0.05) is 10.6 Å². The molecule has 8 heteroatoms. The normalized spacial score (nSPS) is 10.4. The average molecular weight is 387 g/mol. The van der Waals surface area contributed by atoms with Gasteiger partial charge < -0.3 is 0 Å². The average Bonchev–Trinajstić information content (AvgIpc) is 3.20. The number of amides is 1. The van der Waals surface area contributed by atoms with Crippen LogP contribution in [0.4, 0.5) is 5.13 Å². The number of thiophene rings is 1. The van der Waals surface area contributed by atoms with Gasteiger partial charge in [0.2, 0.25) is 5.13 Å². The van der Waals surface area contributed by atoms with Gasteiger partial charge in [-0.1, -0.05) is 35.2 Å². The predicted octanol–water partition coefficient (Wildman–Crippen LogP) is 4.63. The van der Waals surface area contributed by atoms with Crippen molar-refractivity contribution in [2.24, 2.45) is 0 Å². The van der Waals surface area contributed by atoms with Crippen LogP contribution in [0.2, 0.25) is 0 Å². The Bertz CT molecular complexity index is 918. The molecular formula is C17H14N4OS3. The summed E-state index contributed by atoms with van der Waals surface area (Å²) in [5.41, 5.74) is 2.87. The molecule has 0 saturated heterocycles. The summed E-state index contributed by atoms with van der Waals surface area (Å²) in [5, 5.41) is 20.2. The molecule has 2 heterocycles. The van der Waals surface area contributed by atoms with Crippen molar-refractivity contribution in [1.29, 1.82) is 5.26 Å². The minimum atomic E-state index is -0.152. The maximum absolute atomic E-state index is 12.2. The lowest BCUT2D eigenvalue weighted by Crippen LogP contribution is -2.09. The number of aryl methyl sites for hydroxylation is 2. The Morgan fingerprint density at radius 3 is 2.64 bits per heavy atom. The lowest BCUT2D eigenvalue weighted by Gasteiger charge is -1.98. The number of aromatic nitrogens is 2. The third-order valence-electron chi connectivity index (χ3n) is 3.46. The molecule has 5 nitrogen and oxygen atoms in total. The fraction of sp³-hybridized carbons (Fsp3) is 0.176. The van der Waals surface area contributed by atoms with Crippen LogP contribution in [-0.4, -0.2) is 16.1 Å². The SMILES string of the molecule is Cc1cc(C(=O)Nc2nnc(SCc3ccc(C#N)cc3)s2)sc1C. The molecule has 3 aromatic rings. The monoisotopic (exact) mass is 386 g/mol. The maximum Gasteiger partial charge on any atom is 0.267 e. The minimum absolute atomic E-state index is 0.152. The first-order chi connectivity index (χ1) is 12.0. The van der Waals surface area contributed by atoms with Crippen molar-refractivity contribution in [1.82, 2.24) is 10.2 Å². The van der Waals surface area contributed by atoms with Crippen molar-refractivity contribution in [2.45, 2.75) is 23.9 Å². The Morgan fingerprint density at radius 1 is 1.24 bits per heavy atom. The summed E-state index contributed by atoms with van der Waals surface area (Å²) in [7, 11) is 0. The molecule has 0 unspecified atom stereocenters. The number of nitrogens with zero attached hydrogens (tertiary/aromatic N) is 3. The van der Waals surface area contributed by atoms with Gasteiger partial charge in [-0.25, -0.2) is 0 Å². The van der Waals surface area contributed by atoms with Crippen LogP contribution in [0.5, 0.6) is 0 Å². The third-order valence-corrected chi connectivity index (χ3v) is 6.66. The molecule has 126 valence electrons. The number of carbonyl (C=O) groups is 1. The molecule has 0 bridgehead atoms. The van der Waals surface area contributed by atoms with Crippen LogP contribution >= 0.6 is 34.4 Å².